The minimum Gasteiger partial charge on any atom is -0.444 e. The van der Waals surface area contributed by atoms with Gasteiger partial charge in [0.15, 0.2) is 0 Å². The predicted octanol–water partition coefficient (Wildman–Crippen LogP) is 2.98. The van der Waals surface area contributed by atoms with Crippen LogP contribution in [-0.2, 0) is 13.1 Å². The van der Waals surface area contributed by atoms with Crippen LogP contribution in [0, 0.1) is 11.7 Å². The summed E-state index contributed by atoms with van der Waals surface area (Å²) in [6.45, 7) is 3.74. The highest BCUT2D eigenvalue weighted by atomic mass is 19.1. The minimum absolute atomic E-state index is 0.262. The van der Waals surface area contributed by atoms with Crippen LogP contribution in [0.3, 0.4) is 0 Å². The van der Waals surface area contributed by atoms with Gasteiger partial charge in [-0.05, 0) is 49.6 Å². The second-order valence-electron chi connectivity index (χ2n) is 6.51. The highest BCUT2D eigenvalue weighted by Crippen LogP contribution is 2.22. The third-order valence-corrected chi connectivity index (χ3v) is 4.54. The molecule has 1 fully saturated rings. The molecule has 1 aliphatic heterocycles. The Hall–Kier alpha value is -2.54. The lowest BCUT2D eigenvalue weighted by atomic mass is 9.98. The van der Waals surface area contributed by atoms with Crippen LogP contribution in [0.25, 0.3) is 11.5 Å². The fraction of sp³-hybridized carbons (Fsp3) is 0.389. The Morgan fingerprint density at radius 1 is 1.24 bits per heavy atom. The molecule has 2 aromatic heterocycles. The number of oxazole rings is 1. The summed E-state index contributed by atoms with van der Waals surface area (Å²) in [5, 5.41) is 4.20. The van der Waals surface area contributed by atoms with Gasteiger partial charge in [0.1, 0.15) is 24.7 Å². The van der Waals surface area contributed by atoms with Crippen molar-refractivity contribution in [3.63, 3.8) is 0 Å². The van der Waals surface area contributed by atoms with E-state index in [1.54, 1.807) is 31.1 Å². The molecule has 1 saturated heterocycles. The second kappa shape index (κ2) is 7.14. The third-order valence-electron chi connectivity index (χ3n) is 4.54. The summed E-state index contributed by atoms with van der Waals surface area (Å²) in [5.74, 6) is 0.840. The zero-order valence-electron chi connectivity index (χ0n) is 13.9. The van der Waals surface area contributed by atoms with Gasteiger partial charge in [0.2, 0.25) is 5.89 Å². The van der Waals surface area contributed by atoms with Gasteiger partial charge in [-0.3, -0.25) is 9.58 Å². The van der Waals surface area contributed by atoms with E-state index in [-0.39, 0.29) is 5.82 Å². The first kappa shape index (κ1) is 16.0. The molecule has 0 amide bonds. The number of hydrogen-bond acceptors (Lipinski definition) is 5. The number of benzene rings is 1. The average Bonchev–Trinajstić information content (AvgIpc) is 3.28. The van der Waals surface area contributed by atoms with Gasteiger partial charge in [-0.15, -0.1) is 0 Å². The topological polar surface area (TPSA) is 60.0 Å². The van der Waals surface area contributed by atoms with E-state index in [2.05, 4.69) is 20.0 Å². The Labute approximate surface area is 145 Å². The molecule has 0 N–H and O–H groups in total. The molecule has 1 unspecified atom stereocenters. The average molecular weight is 341 g/mol. The Morgan fingerprint density at radius 2 is 2.12 bits per heavy atom. The van der Waals surface area contributed by atoms with E-state index in [0.717, 1.165) is 37.4 Å². The molecular formula is C18H20FN5O. The number of halogens is 1. The molecule has 3 heterocycles. The highest BCUT2D eigenvalue weighted by Gasteiger charge is 2.21. The van der Waals surface area contributed by atoms with Crippen LogP contribution in [0.1, 0.15) is 18.5 Å². The molecule has 0 saturated carbocycles. The van der Waals surface area contributed by atoms with Crippen molar-refractivity contribution in [2.75, 3.05) is 13.1 Å². The monoisotopic (exact) mass is 341 g/mol. The molecule has 0 bridgehead atoms. The number of nitrogens with zero attached hydrogens (tertiary/aromatic N) is 5. The van der Waals surface area contributed by atoms with Crippen molar-refractivity contribution in [3.05, 3.63) is 54.7 Å². The maximum absolute atomic E-state index is 13.0. The summed E-state index contributed by atoms with van der Waals surface area (Å²) < 4.78 is 20.5. The van der Waals surface area contributed by atoms with Crippen LogP contribution in [0.5, 0.6) is 0 Å². The van der Waals surface area contributed by atoms with Crippen molar-refractivity contribution >= 4 is 0 Å². The molecular weight excluding hydrogens is 321 g/mol. The fourth-order valence-electron chi connectivity index (χ4n) is 3.37. The molecule has 7 heteroatoms. The van der Waals surface area contributed by atoms with Gasteiger partial charge in [0.05, 0.1) is 5.69 Å². The van der Waals surface area contributed by atoms with E-state index >= 15 is 0 Å². The maximum Gasteiger partial charge on any atom is 0.226 e. The van der Waals surface area contributed by atoms with Crippen LogP contribution < -0.4 is 0 Å². The molecule has 3 aromatic rings. The lowest BCUT2D eigenvalue weighted by molar-refractivity contribution is 0.151. The third kappa shape index (κ3) is 3.93. The van der Waals surface area contributed by atoms with Crippen LogP contribution >= 0.6 is 0 Å². The van der Waals surface area contributed by atoms with Crippen molar-refractivity contribution < 1.29 is 8.81 Å². The standard InChI is InChI=1S/C18H20FN5O/c19-16-5-3-15(4-6-16)18-22-17(11-25-18)10-23-7-1-2-14(8-23)9-24-13-20-12-21-24/h3-6,11-14H,1-2,7-10H2. The Bertz CT molecular complexity index is 799. The smallest absolute Gasteiger partial charge is 0.226 e. The lowest BCUT2D eigenvalue weighted by Gasteiger charge is -2.31. The Kier molecular flexibility index (Phi) is 4.56. The van der Waals surface area contributed by atoms with E-state index in [9.17, 15) is 4.39 Å². The molecule has 0 aliphatic carbocycles. The van der Waals surface area contributed by atoms with Crippen molar-refractivity contribution in [2.45, 2.75) is 25.9 Å². The van der Waals surface area contributed by atoms with E-state index < -0.39 is 0 Å². The van der Waals surface area contributed by atoms with Crippen molar-refractivity contribution in [3.8, 4) is 11.5 Å². The number of likely N-dealkylation sites (tertiary alicyclic amines) is 1. The zero-order chi connectivity index (χ0) is 17.1. The summed E-state index contributed by atoms with van der Waals surface area (Å²) in [5.41, 5.74) is 1.69. The van der Waals surface area contributed by atoms with Gasteiger partial charge in [0, 0.05) is 25.2 Å². The highest BCUT2D eigenvalue weighted by molar-refractivity contribution is 5.52. The molecule has 6 nitrogen and oxygen atoms in total. The zero-order valence-corrected chi connectivity index (χ0v) is 13.9. The summed E-state index contributed by atoms with van der Waals surface area (Å²) in [7, 11) is 0. The number of rotatable bonds is 5. The molecule has 25 heavy (non-hydrogen) atoms. The van der Waals surface area contributed by atoms with E-state index in [1.165, 1.54) is 25.0 Å². The van der Waals surface area contributed by atoms with Crippen molar-refractivity contribution in [2.24, 2.45) is 5.92 Å². The molecule has 4 rings (SSSR count). The first-order valence-electron chi connectivity index (χ1n) is 8.51. The molecule has 0 spiro atoms. The second-order valence-corrected chi connectivity index (χ2v) is 6.51. The van der Waals surface area contributed by atoms with Crippen LogP contribution in [0.4, 0.5) is 4.39 Å². The quantitative estimate of drug-likeness (QED) is 0.714. The summed E-state index contributed by atoms with van der Waals surface area (Å²) >= 11 is 0. The molecule has 1 aliphatic rings. The van der Waals surface area contributed by atoms with Gasteiger partial charge in [0.25, 0.3) is 0 Å². The molecule has 1 atom stereocenters. The summed E-state index contributed by atoms with van der Waals surface area (Å²) in [6, 6.07) is 6.19. The minimum atomic E-state index is -0.262. The van der Waals surface area contributed by atoms with Gasteiger partial charge >= 0.3 is 0 Å². The lowest BCUT2D eigenvalue weighted by Crippen LogP contribution is -2.36. The summed E-state index contributed by atoms with van der Waals surface area (Å²) in [4.78, 5) is 11.0. The van der Waals surface area contributed by atoms with Crippen LogP contribution in [0.2, 0.25) is 0 Å². The number of hydrogen-bond donors (Lipinski definition) is 0. The van der Waals surface area contributed by atoms with E-state index in [0.29, 0.717) is 11.8 Å². The van der Waals surface area contributed by atoms with Crippen molar-refractivity contribution in [1.82, 2.24) is 24.6 Å². The summed E-state index contributed by atoms with van der Waals surface area (Å²) in [6.07, 6.45) is 7.41. The van der Waals surface area contributed by atoms with Gasteiger partial charge in [-0.25, -0.2) is 14.4 Å². The van der Waals surface area contributed by atoms with Gasteiger partial charge in [-0.2, -0.15) is 5.10 Å². The molecule has 1 aromatic carbocycles. The van der Waals surface area contributed by atoms with Gasteiger partial charge < -0.3 is 4.42 Å². The Balaban J connectivity index is 1.37. The first-order valence-corrected chi connectivity index (χ1v) is 8.51. The normalized spacial score (nSPS) is 18.5. The predicted molar refractivity (Wildman–Crippen MR) is 89.9 cm³/mol. The first-order chi connectivity index (χ1) is 12.3. The molecule has 130 valence electrons. The van der Waals surface area contributed by atoms with Crippen LogP contribution in [-0.4, -0.2) is 37.7 Å². The number of piperidine rings is 1. The molecule has 0 radical (unpaired) electrons. The van der Waals surface area contributed by atoms with Gasteiger partial charge in [-0.1, -0.05) is 0 Å². The SMILES string of the molecule is Fc1ccc(-c2nc(CN3CCCC(Cn4cncn4)C3)co2)cc1. The largest absolute Gasteiger partial charge is 0.444 e. The Morgan fingerprint density at radius 3 is 2.92 bits per heavy atom. The van der Waals surface area contributed by atoms with Crippen molar-refractivity contribution in [1.29, 1.82) is 0 Å². The van der Waals surface area contributed by atoms with E-state index in [4.69, 9.17) is 4.42 Å². The number of aromatic nitrogens is 4. The van der Waals surface area contributed by atoms with E-state index in [1.807, 2.05) is 4.68 Å². The maximum atomic E-state index is 13.0. The fourth-order valence-corrected chi connectivity index (χ4v) is 3.37. The van der Waals surface area contributed by atoms with Crippen LogP contribution in [0.15, 0.2) is 47.6 Å².